The molecule has 1 atom stereocenters. The highest BCUT2D eigenvalue weighted by atomic mass is 16.3. The molecule has 1 rings (SSSR count). The summed E-state index contributed by atoms with van der Waals surface area (Å²) in [6.07, 6.45) is -0.710. The van der Waals surface area contributed by atoms with Gasteiger partial charge in [0.2, 0.25) is 0 Å². The summed E-state index contributed by atoms with van der Waals surface area (Å²) in [5.41, 5.74) is 2.14. The Morgan fingerprint density at radius 2 is 2.20 bits per heavy atom. The molecule has 15 heavy (non-hydrogen) atoms. The molecule has 4 nitrogen and oxygen atoms in total. The van der Waals surface area contributed by atoms with Gasteiger partial charge in [0.05, 0.1) is 12.7 Å². The van der Waals surface area contributed by atoms with Crippen LogP contribution in [0.25, 0.3) is 0 Å². The quantitative estimate of drug-likeness (QED) is 0.540. The fourth-order valence-electron chi connectivity index (χ4n) is 1.30. The normalized spacial score (nSPS) is 12.5. The minimum atomic E-state index is -0.710. The molecule has 0 amide bonds. The highest BCUT2D eigenvalue weighted by molar-refractivity contribution is 5.45. The van der Waals surface area contributed by atoms with E-state index < -0.39 is 6.10 Å². The Balaban J connectivity index is 2.50. The third kappa shape index (κ3) is 4.29. The maximum absolute atomic E-state index is 9.17. The van der Waals surface area contributed by atoms with E-state index in [9.17, 15) is 0 Å². The van der Waals surface area contributed by atoms with E-state index >= 15 is 0 Å². The summed E-state index contributed by atoms with van der Waals surface area (Å²) in [7, 11) is 1.90. The molecule has 0 fully saturated rings. The Labute approximate surface area is 89.9 Å². The fraction of sp³-hybridized carbons (Fsp3) is 0.455. The Bertz CT molecular complexity index is 292. The minimum absolute atomic E-state index is 0.219. The summed E-state index contributed by atoms with van der Waals surface area (Å²) < 4.78 is 0. The summed E-state index contributed by atoms with van der Waals surface area (Å²) >= 11 is 0. The van der Waals surface area contributed by atoms with Gasteiger partial charge in [-0.2, -0.15) is 0 Å². The van der Waals surface area contributed by atoms with Crippen molar-refractivity contribution in [1.29, 1.82) is 0 Å². The van der Waals surface area contributed by atoms with Gasteiger partial charge < -0.3 is 20.8 Å². The predicted molar refractivity (Wildman–Crippen MR) is 60.8 cm³/mol. The zero-order chi connectivity index (χ0) is 11.1. The number of hydrogen-bond donors (Lipinski definition) is 4. The second kappa shape index (κ2) is 6.40. The van der Waals surface area contributed by atoms with Crippen molar-refractivity contribution in [2.75, 3.05) is 25.5 Å². The van der Waals surface area contributed by atoms with Crippen LogP contribution in [0.15, 0.2) is 24.3 Å². The topological polar surface area (TPSA) is 64.5 Å². The molecule has 84 valence electrons. The lowest BCUT2D eigenvalue weighted by Crippen LogP contribution is -2.23. The van der Waals surface area contributed by atoms with Gasteiger partial charge in [0, 0.05) is 18.8 Å². The molecule has 4 N–H and O–H groups in total. The van der Waals surface area contributed by atoms with Gasteiger partial charge >= 0.3 is 0 Å². The van der Waals surface area contributed by atoms with Gasteiger partial charge in [0.25, 0.3) is 0 Å². The smallest absolute Gasteiger partial charge is 0.0942 e. The summed E-state index contributed by atoms with van der Waals surface area (Å²) in [5, 5.41) is 23.9. The molecular formula is C11H18N2O2. The lowest BCUT2D eigenvalue weighted by Gasteiger charge is -2.11. The third-order valence-electron chi connectivity index (χ3n) is 2.06. The Hall–Kier alpha value is -1.10. The maximum Gasteiger partial charge on any atom is 0.0942 e. The SMILES string of the molecule is CNCc1cccc(NCC(O)CO)c1. The molecule has 0 saturated heterocycles. The van der Waals surface area contributed by atoms with Gasteiger partial charge in [0.1, 0.15) is 0 Å². The van der Waals surface area contributed by atoms with Crippen LogP contribution in [0.2, 0.25) is 0 Å². The predicted octanol–water partition coefficient (Wildman–Crippen LogP) is 0.171. The molecule has 0 bridgehead atoms. The second-order valence-corrected chi connectivity index (χ2v) is 3.45. The first-order valence-corrected chi connectivity index (χ1v) is 5.02. The molecule has 0 aliphatic heterocycles. The van der Waals surface area contributed by atoms with E-state index in [1.165, 1.54) is 5.56 Å². The highest BCUT2D eigenvalue weighted by Crippen LogP contribution is 2.10. The van der Waals surface area contributed by atoms with Crippen LogP contribution in [0.4, 0.5) is 5.69 Å². The Morgan fingerprint density at radius 3 is 2.87 bits per heavy atom. The lowest BCUT2D eigenvalue weighted by atomic mass is 10.2. The van der Waals surface area contributed by atoms with Crippen molar-refractivity contribution in [1.82, 2.24) is 5.32 Å². The van der Waals surface area contributed by atoms with E-state index in [0.717, 1.165) is 12.2 Å². The standard InChI is InChI=1S/C11H18N2O2/c1-12-6-9-3-2-4-10(5-9)13-7-11(15)8-14/h2-5,11-15H,6-8H2,1H3. The van der Waals surface area contributed by atoms with Crippen LogP contribution in [-0.2, 0) is 6.54 Å². The fourth-order valence-corrected chi connectivity index (χ4v) is 1.30. The molecule has 0 aromatic heterocycles. The van der Waals surface area contributed by atoms with Gasteiger partial charge in [-0.1, -0.05) is 12.1 Å². The number of nitrogens with one attached hydrogen (secondary N) is 2. The highest BCUT2D eigenvalue weighted by Gasteiger charge is 2.01. The second-order valence-electron chi connectivity index (χ2n) is 3.45. The van der Waals surface area contributed by atoms with Crippen molar-refractivity contribution in [3.63, 3.8) is 0 Å². The van der Waals surface area contributed by atoms with Gasteiger partial charge in [-0.25, -0.2) is 0 Å². The van der Waals surface area contributed by atoms with Crippen LogP contribution in [0, 0.1) is 0 Å². The molecule has 1 unspecified atom stereocenters. The number of aliphatic hydroxyl groups excluding tert-OH is 2. The van der Waals surface area contributed by atoms with Crippen LogP contribution in [-0.4, -0.2) is 36.5 Å². The molecule has 0 heterocycles. The van der Waals surface area contributed by atoms with Crippen LogP contribution in [0.5, 0.6) is 0 Å². The monoisotopic (exact) mass is 210 g/mol. The van der Waals surface area contributed by atoms with Crippen molar-refractivity contribution >= 4 is 5.69 Å². The van der Waals surface area contributed by atoms with Gasteiger partial charge in [0.15, 0.2) is 0 Å². The zero-order valence-corrected chi connectivity index (χ0v) is 8.90. The van der Waals surface area contributed by atoms with Crippen molar-refractivity contribution in [3.05, 3.63) is 29.8 Å². The van der Waals surface area contributed by atoms with Crippen LogP contribution >= 0.6 is 0 Å². The molecule has 0 aliphatic rings. The number of aliphatic hydroxyl groups is 2. The van der Waals surface area contributed by atoms with Gasteiger partial charge in [-0.3, -0.25) is 0 Å². The van der Waals surface area contributed by atoms with Gasteiger partial charge in [-0.15, -0.1) is 0 Å². The molecule has 0 saturated carbocycles. The largest absolute Gasteiger partial charge is 0.394 e. The molecule has 0 aliphatic carbocycles. The molecular weight excluding hydrogens is 192 g/mol. The molecule has 0 spiro atoms. The van der Waals surface area contributed by atoms with Crippen molar-refractivity contribution < 1.29 is 10.2 Å². The number of anilines is 1. The molecule has 0 radical (unpaired) electrons. The maximum atomic E-state index is 9.17. The van der Waals surface area contributed by atoms with E-state index in [0.29, 0.717) is 6.54 Å². The average Bonchev–Trinajstić information content (AvgIpc) is 2.27. The van der Waals surface area contributed by atoms with Crippen molar-refractivity contribution in [2.24, 2.45) is 0 Å². The molecule has 4 heteroatoms. The summed E-state index contributed by atoms with van der Waals surface area (Å²) in [6.45, 7) is 0.959. The Morgan fingerprint density at radius 1 is 1.40 bits per heavy atom. The van der Waals surface area contributed by atoms with Crippen molar-refractivity contribution in [2.45, 2.75) is 12.6 Å². The lowest BCUT2D eigenvalue weighted by molar-refractivity contribution is 0.105. The summed E-state index contributed by atoms with van der Waals surface area (Å²) in [5.74, 6) is 0. The van der Waals surface area contributed by atoms with Gasteiger partial charge in [-0.05, 0) is 24.7 Å². The van der Waals surface area contributed by atoms with E-state index in [2.05, 4.69) is 10.6 Å². The average molecular weight is 210 g/mol. The first kappa shape index (κ1) is 12.0. The van der Waals surface area contributed by atoms with E-state index in [-0.39, 0.29) is 6.61 Å². The van der Waals surface area contributed by atoms with E-state index in [4.69, 9.17) is 10.2 Å². The summed E-state index contributed by atoms with van der Waals surface area (Å²) in [6, 6.07) is 7.94. The first-order valence-electron chi connectivity index (χ1n) is 5.02. The number of hydrogen-bond acceptors (Lipinski definition) is 4. The van der Waals surface area contributed by atoms with Crippen LogP contribution < -0.4 is 10.6 Å². The number of benzene rings is 1. The van der Waals surface area contributed by atoms with Crippen LogP contribution in [0.3, 0.4) is 0 Å². The first-order chi connectivity index (χ1) is 7.26. The summed E-state index contributed by atoms with van der Waals surface area (Å²) in [4.78, 5) is 0. The minimum Gasteiger partial charge on any atom is -0.394 e. The Kier molecular flexibility index (Phi) is 5.10. The third-order valence-corrected chi connectivity index (χ3v) is 2.06. The molecule has 1 aromatic rings. The molecule has 1 aromatic carbocycles. The van der Waals surface area contributed by atoms with Crippen molar-refractivity contribution in [3.8, 4) is 0 Å². The van der Waals surface area contributed by atoms with E-state index in [1.54, 1.807) is 0 Å². The number of rotatable bonds is 6. The van der Waals surface area contributed by atoms with Crippen LogP contribution in [0.1, 0.15) is 5.56 Å². The zero-order valence-electron chi connectivity index (χ0n) is 8.90. The van der Waals surface area contributed by atoms with E-state index in [1.807, 2.05) is 31.3 Å².